The summed E-state index contributed by atoms with van der Waals surface area (Å²) in [6.07, 6.45) is 5.37. The van der Waals surface area contributed by atoms with E-state index in [-0.39, 0.29) is 17.1 Å². The molecule has 1 aliphatic carbocycles. The number of carbonyl (C=O) groups excluding carboxylic acids is 1. The normalized spacial score (nSPS) is 18.3. The average Bonchev–Trinajstić information content (AvgIpc) is 1.86. The van der Waals surface area contributed by atoms with Crippen LogP contribution in [0.15, 0.2) is 23.1 Å². The number of sulfone groups is 1. The molecule has 0 heterocycles. The molecule has 0 amide bonds. The minimum atomic E-state index is -3.13. The smallest absolute Gasteiger partial charge is 0.175 e. The number of hydrogen-bond acceptors (Lipinski definition) is 3. The van der Waals surface area contributed by atoms with Gasteiger partial charge in [-0.2, -0.15) is 0 Å². The first kappa shape index (κ1) is 8.20. The molecular weight excluding hydrogens is 164 g/mol. The van der Waals surface area contributed by atoms with E-state index in [1.165, 1.54) is 18.2 Å². The third-order valence-corrected chi connectivity index (χ3v) is 2.53. The zero-order valence-electron chi connectivity index (χ0n) is 6.07. The second-order valence-corrected chi connectivity index (χ2v) is 4.40. The van der Waals surface area contributed by atoms with E-state index < -0.39 is 9.84 Å². The minimum absolute atomic E-state index is 0.0580. The van der Waals surface area contributed by atoms with Gasteiger partial charge in [0.15, 0.2) is 15.6 Å². The third kappa shape index (κ3) is 2.01. The summed E-state index contributed by atoms with van der Waals surface area (Å²) in [7, 11) is -3.13. The number of allylic oxidation sites excluding steroid dienone is 3. The Hall–Kier alpha value is -0.900. The lowest BCUT2D eigenvalue weighted by Crippen LogP contribution is -2.04. The van der Waals surface area contributed by atoms with Crippen molar-refractivity contribution in [3.05, 3.63) is 23.1 Å². The van der Waals surface area contributed by atoms with Gasteiger partial charge in [-0.25, -0.2) is 8.42 Å². The standard InChI is InChI=1S/C7H8O3S/c1-11(9,10)7-4-2-6(8)3-5-7/h2,4-5H,3H2,1H3. The molecule has 0 aliphatic heterocycles. The lowest BCUT2D eigenvalue weighted by atomic mass is 10.2. The molecule has 0 aromatic rings. The van der Waals surface area contributed by atoms with Gasteiger partial charge in [0.05, 0.1) is 4.91 Å². The van der Waals surface area contributed by atoms with Crippen molar-refractivity contribution in [2.75, 3.05) is 6.26 Å². The highest BCUT2D eigenvalue weighted by atomic mass is 32.2. The Bertz CT molecular complexity index is 333. The zero-order valence-corrected chi connectivity index (χ0v) is 6.89. The molecule has 11 heavy (non-hydrogen) atoms. The maximum absolute atomic E-state index is 10.9. The third-order valence-electron chi connectivity index (χ3n) is 1.37. The Labute approximate surface area is 65.3 Å². The van der Waals surface area contributed by atoms with Crippen LogP contribution in [0.5, 0.6) is 0 Å². The first-order valence-electron chi connectivity index (χ1n) is 3.11. The number of hydrogen-bond donors (Lipinski definition) is 0. The Morgan fingerprint density at radius 2 is 2.00 bits per heavy atom. The summed E-state index contributed by atoms with van der Waals surface area (Å²) in [4.78, 5) is 10.8. The predicted molar refractivity (Wildman–Crippen MR) is 41.7 cm³/mol. The van der Waals surface area contributed by atoms with Gasteiger partial charge in [-0.15, -0.1) is 0 Å². The minimum Gasteiger partial charge on any atom is -0.295 e. The van der Waals surface area contributed by atoms with Crippen LogP contribution in [-0.2, 0) is 14.6 Å². The van der Waals surface area contributed by atoms with Gasteiger partial charge in [-0.05, 0) is 12.2 Å². The quantitative estimate of drug-likeness (QED) is 0.576. The van der Waals surface area contributed by atoms with Crippen LogP contribution in [0.3, 0.4) is 0 Å². The zero-order chi connectivity index (χ0) is 8.48. The molecule has 0 aromatic carbocycles. The van der Waals surface area contributed by atoms with Crippen LogP contribution in [0, 0.1) is 0 Å². The van der Waals surface area contributed by atoms with Crippen LogP contribution in [0.25, 0.3) is 0 Å². The molecule has 4 heteroatoms. The molecule has 0 unspecified atom stereocenters. The van der Waals surface area contributed by atoms with Crippen molar-refractivity contribution in [2.24, 2.45) is 0 Å². The van der Waals surface area contributed by atoms with Gasteiger partial charge < -0.3 is 0 Å². The highest BCUT2D eigenvalue weighted by molar-refractivity contribution is 7.94. The summed E-state index contributed by atoms with van der Waals surface area (Å²) < 4.78 is 21.7. The summed E-state index contributed by atoms with van der Waals surface area (Å²) in [5, 5.41) is 0. The van der Waals surface area contributed by atoms with Crippen molar-refractivity contribution in [1.82, 2.24) is 0 Å². The Morgan fingerprint density at radius 3 is 2.36 bits per heavy atom. The van der Waals surface area contributed by atoms with E-state index in [0.717, 1.165) is 6.26 Å². The first-order valence-corrected chi connectivity index (χ1v) is 5.00. The van der Waals surface area contributed by atoms with Gasteiger partial charge in [-0.3, -0.25) is 4.79 Å². The maximum Gasteiger partial charge on any atom is 0.175 e. The van der Waals surface area contributed by atoms with E-state index in [2.05, 4.69) is 0 Å². The van der Waals surface area contributed by atoms with Gasteiger partial charge in [0.25, 0.3) is 0 Å². The molecule has 0 radical (unpaired) electrons. The van der Waals surface area contributed by atoms with Crippen LogP contribution >= 0.6 is 0 Å². The molecule has 1 rings (SSSR count). The van der Waals surface area contributed by atoms with Gasteiger partial charge in [0.1, 0.15) is 0 Å². The fraction of sp³-hybridized carbons (Fsp3) is 0.286. The van der Waals surface area contributed by atoms with E-state index >= 15 is 0 Å². The summed E-state index contributed by atoms with van der Waals surface area (Å²) >= 11 is 0. The van der Waals surface area contributed by atoms with Crippen molar-refractivity contribution in [1.29, 1.82) is 0 Å². The van der Waals surface area contributed by atoms with Crippen molar-refractivity contribution < 1.29 is 13.2 Å². The SMILES string of the molecule is CS(=O)(=O)C1=CCC(=O)C=C1. The number of carbonyl (C=O) groups is 1. The van der Waals surface area contributed by atoms with E-state index in [0.29, 0.717) is 0 Å². The molecule has 1 aliphatic rings. The van der Waals surface area contributed by atoms with Crippen LogP contribution in [0.1, 0.15) is 6.42 Å². The lowest BCUT2D eigenvalue weighted by Gasteiger charge is -2.02. The molecule has 0 spiro atoms. The lowest BCUT2D eigenvalue weighted by molar-refractivity contribution is -0.113. The highest BCUT2D eigenvalue weighted by Gasteiger charge is 2.11. The summed E-state index contributed by atoms with van der Waals surface area (Å²) in [5.74, 6) is -0.0580. The monoisotopic (exact) mass is 172 g/mol. The summed E-state index contributed by atoms with van der Waals surface area (Å²) in [6.45, 7) is 0. The Morgan fingerprint density at radius 1 is 1.36 bits per heavy atom. The fourth-order valence-corrected chi connectivity index (χ4v) is 1.49. The fourth-order valence-electron chi connectivity index (χ4n) is 0.787. The molecule has 0 aromatic heterocycles. The van der Waals surface area contributed by atoms with Crippen LogP contribution < -0.4 is 0 Å². The molecule has 3 nitrogen and oxygen atoms in total. The van der Waals surface area contributed by atoms with Gasteiger partial charge in [-0.1, -0.05) is 6.08 Å². The van der Waals surface area contributed by atoms with Gasteiger partial charge >= 0.3 is 0 Å². The molecule has 0 N–H and O–H groups in total. The van der Waals surface area contributed by atoms with E-state index in [4.69, 9.17) is 0 Å². The van der Waals surface area contributed by atoms with E-state index in [1.807, 2.05) is 0 Å². The summed E-state index contributed by atoms with van der Waals surface area (Å²) in [6, 6.07) is 0. The second-order valence-electron chi connectivity index (χ2n) is 2.38. The Kier molecular flexibility index (Phi) is 1.95. The van der Waals surface area contributed by atoms with Crippen LogP contribution in [0.2, 0.25) is 0 Å². The maximum atomic E-state index is 10.9. The first-order chi connectivity index (χ1) is 5.00. The average molecular weight is 172 g/mol. The van der Waals surface area contributed by atoms with Gasteiger partial charge in [0, 0.05) is 12.7 Å². The van der Waals surface area contributed by atoms with E-state index in [1.54, 1.807) is 0 Å². The topological polar surface area (TPSA) is 51.2 Å². The largest absolute Gasteiger partial charge is 0.295 e. The van der Waals surface area contributed by atoms with Crippen molar-refractivity contribution in [3.8, 4) is 0 Å². The van der Waals surface area contributed by atoms with Crippen molar-refractivity contribution in [2.45, 2.75) is 6.42 Å². The molecular formula is C7H8O3S. The molecule has 0 bridgehead atoms. The highest BCUT2D eigenvalue weighted by Crippen LogP contribution is 2.12. The molecule has 0 fully saturated rings. The Balaban J connectivity index is 2.97. The summed E-state index contributed by atoms with van der Waals surface area (Å²) in [5.41, 5.74) is 0. The molecule has 0 saturated heterocycles. The number of rotatable bonds is 1. The number of ketones is 1. The van der Waals surface area contributed by atoms with E-state index in [9.17, 15) is 13.2 Å². The second kappa shape index (κ2) is 2.62. The van der Waals surface area contributed by atoms with Crippen molar-refractivity contribution >= 4 is 15.6 Å². The van der Waals surface area contributed by atoms with Crippen LogP contribution in [0.4, 0.5) is 0 Å². The van der Waals surface area contributed by atoms with Gasteiger partial charge in [0.2, 0.25) is 0 Å². The molecule has 60 valence electrons. The predicted octanol–water partition coefficient (Wildman–Crippen LogP) is 0.444. The molecule has 0 atom stereocenters. The van der Waals surface area contributed by atoms with Crippen LogP contribution in [-0.4, -0.2) is 20.5 Å². The van der Waals surface area contributed by atoms with Crippen molar-refractivity contribution in [3.63, 3.8) is 0 Å². The molecule has 0 saturated carbocycles.